The lowest BCUT2D eigenvalue weighted by molar-refractivity contribution is 0.109. The van der Waals surface area contributed by atoms with Gasteiger partial charge in [-0.25, -0.2) is 19.4 Å². The number of hydrogen-bond acceptors (Lipinski definition) is 8. The summed E-state index contributed by atoms with van der Waals surface area (Å²) in [5.74, 6) is 0.281. The van der Waals surface area contributed by atoms with Crippen molar-refractivity contribution in [3.05, 3.63) is 29.4 Å². The van der Waals surface area contributed by atoms with E-state index in [4.69, 9.17) is 14.6 Å². The van der Waals surface area contributed by atoms with E-state index in [0.717, 1.165) is 41.1 Å². The minimum Gasteiger partial charge on any atom is -0.447 e. The van der Waals surface area contributed by atoms with Crippen molar-refractivity contribution in [2.45, 2.75) is 77.5 Å². The van der Waals surface area contributed by atoms with Gasteiger partial charge in [0.25, 0.3) is 0 Å². The molecule has 1 saturated carbocycles. The molecule has 11 nitrogen and oxygen atoms in total. The number of carbonyl (C=O) groups excluding carboxylic acids is 3. The highest BCUT2D eigenvalue weighted by molar-refractivity contribution is 7.15. The standard InChI is InChI=1S/C26H37N5O6S/c1-15(2)36-25(34)29-18-7-5-17(6-8-18)23-28-14-22(38-23)20-10-9-19(30-26(35)37-16(3)4)13-21(20)31-24(33)27-11-12-32/h9-10,13-18,32H,5-8,11-12H2,1-4H3,(H,29,34)(H,30,35)(H2,27,31,33)/t17-,18-. The van der Waals surface area contributed by atoms with Gasteiger partial charge in [-0.05, 0) is 71.6 Å². The van der Waals surface area contributed by atoms with Gasteiger partial charge < -0.3 is 30.5 Å². The van der Waals surface area contributed by atoms with Crippen LogP contribution in [0.15, 0.2) is 24.4 Å². The molecule has 1 aliphatic rings. The third kappa shape index (κ3) is 8.88. The summed E-state index contributed by atoms with van der Waals surface area (Å²) in [5.41, 5.74) is 1.69. The van der Waals surface area contributed by atoms with Crippen LogP contribution in [0.3, 0.4) is 0 Å². The van der Waals surface area contributed by atoms with Crippen LogP contribution in [0.4, 0.5) is 25.8 Å². The number of aliphatic hydroxyl groups is 1. The van der Waals surface area contributed by atoms with Crippen molar-refractivity contribution < 1.29 is 29.0 Å². The fraction of sp³-hybridized carbons (Fsp3) is 0.538. The molecule has 1 aliphatic carbocycles. The van der Waals surface area contributed by atoms with E-state index in [-0.39, 0.29) is 43.4 Å². The molecule has 38 heavy (non-hydrogen) atoms. The van der Waals surface area contributed by atoms with E-state index in [2.05, 4.69) is 26.3 Å². The lowest BCUT2D eigenvalue weighted by Gasteiger charge is -2.28. The molecule has 0 aliphatic heterocycles. The number of alkyl carbamates (subject to hydrolysis) is 1. The lowest BCUT2D eigenvalue weighted by atomic mass is 9.86. The molecule has 1 aromatic carbocycles. The van der Waals surface area contributed by atoms with Crippen LogP contribution in [0.5, 0.6) is 0 Å². The summed E-state index contributed by atoms with van der Waals surface area (Å²) in [6.07, 6.45) is 3.88. The van der Waals surface area contributed by atoms with Crippen LogP contribution in [-0.4, -0.2) is 59.7 Å². The molecule has 0 radical (unpaired) electrons. The molecular formula is C26H37N5O6S. The second-order valence-electron chi connectivity index (χ2n) is 9.65. The Balaban J connectivity index is 1.72. The minimum atomic E-state index is -0.592. The second kappa shape index (κ2) is 14.0. The first-order valence-corrected chi connectivity index (χ1v) is 13.7. The molecule has 12 heteroatoms. The molecule has 5 N–H and O–H groups in total. The van der Waals surface area contributed by atoms with Crippen LogP contribution in [-0.2, 0) is 9.47 Å². The number of aliphatic hydroxyl groups excluding tert-OH is 1. The number of anilines is 2. The first-order chi connectivity index (χ1) is 18.1. The average molecular weight is 548 g/mol. The zero-order chi connectivity index (χ0) is 27.7. The molecule has 0 saturated heterocycles. The van der Waals surface area contributed by atoms with E-state index in [0.29, 0.717) is 11.4 Å². The summed E-state index contributed by atoms with van der Waals surface area (Å²) in [5, 5.41) is 21.0. The Morgan fingerprint density at radius 3 is 2.37 bits per heavy atom. The summed E-state index contributed by atoms with van der Waals surface area (Å²) >= 11 is 1.56. The number of hydrogen-bond donors (Lipinski definition) is 5. The van der Waals surface area contributed by atoms with E-state index in [1.54, 1.807) is 43.5 Å². The fourth-order valence-corrected chi connectivity index (χ4v) is 5.26. The largest absolute Gasteiger partial charge is 0.447 e. The number of nitrogens with one attached hydrogen (secondary N) is 4. The van der Waals surface area contributed by atoms with Crippen LogP contribution in [0.25, 0.3) is 10.4 Å². The number of thiazole rings is 1. The van der Waals surface area contributed by atoms with Gasteiger partial charge in [0, 0.05) is 36.0 Å². The van der Waals surface area contributed by atoms with Crippen LogP contribution >= 0.6 is 11.3 Å². The number of carbonyl (C=O) groups is 3. The van der Waals surface area contributed by atoms with Gasteiger partial charge in [-0.3, -0.25) is 5.32 Å². The molecule has 3 rings (SSSR count). The quantitative estimate of drug-likeness (QED) is 0.295. The van der Waals surface area contributed by atoms with Crippen molar-refractivity contribution in [2.75, 3.05) is 23.8 Å². The topological polar surface area (TPSA) is 151 Å². The molecule has 0 unspecified atom stereocenters. The number of rotatable bonds is 9. The molecule has 1 fully saturated rings. The number of nitrogens with zero attached hydrogens (tertiary/aromatic N) is 1. The number of aromatic nitrogens is 1. The number of amides is 4. The highest BCUT2D eigenvalue weighted by atomic mass is 32.1. The van der Waals surface area contributed by atoms with E-state index in [1.165, 1.54) is 0 Å². The SMILES string of the molecule is CC(C)OC(=O)Nc1ccc(-c2cnc([C@H]3CC[C@H](NC(=O)OC(C)C)CC3)s2)c(NC(=O)NCCO)c1. The lowest BCUT2D eigenvalue weighted by Crippen LogP contribution is -2.38. The third-order valence-corrected chi connectivity index (χ3v) is 6.98. The maximum Gasteiger partial charge on any atom is 0.411 e. The van der Waals surface area contributed by atoms with Crippen molar-refractivity contribution in [3.63, 3.8) is 0 Å². The van der Waals surface area contributed by atoms with Crippen LogP contribution in [0, 0.1) is 0 Å². The van der Waals surface area contributed by atoms with Gasteiger partial charge in [-0.1, -0.05) is 0 Å². The maximum atomic E-state index is 12.4. The molecule has 0 spiro atoms. The monoisotopic (exact) mass is 547 g/mol. The van der Waals surface area contributed by atoms with Gasteiger partial charge in [-0.15, -0.1) is 11.3 Å². The number of urea groups is 1. The third-order valence-electron chi connectivity index (χ3n) is 5.78. The zero-order valence-electron chi connectivity index (χ0n) is 22.2. The van der Waals surface area contributed by atoms with Crippen molar-refractivity contribution in [2.24, 2.45) is 0 Å². The normalized spacial score (nSPS) is 17.1. The Bertz CT molecular complexity index is 1100. The van der Waals surface area contributed by atoms with Crippen LogP contribution in [0.1, 0.15) is 64.3 Å². The Morgan fingerprint density at radius 2 is 1.71 bits per heavy atom. The van der Waals surface area contributed by atoms with Gasteiger partial charge in [0.15, 0.2) is 0 Å². The van der Waals surface area contributed by atoms with Crippen molar-refractivity contribution in [1.29, 1.82) is 0 Å². The van der Waals surface area contributed by atoms with Crippen molar-refractivity contribution in [3.8, 4) is 10.4 Å². The molecule has 1 aromatic heterocycles. The highest BCUT2D eigenvalue weighted by Gasteiger charge is 2.26. The molecule has 0 bridgehead atoms. The van der Waals surface area contributed by atoms with Gasteiger partial charge in [-0.2, -0.15) is 0 Å². The summed E-state index contributed by atoms with van der Waals surface area (Å²) in [4.78, 5) is 41.9. The van der Waals surface area contributed by atoms with Crippen LogP contribution in [0.2, 0.25) is 0 Å². The molecule has 4 amide bonds. The Kier molecular flexibility index (Phi) is 10.7. The van der Waals surface area contributed by atoms with E-state index < -0.39 is 12.1 Å². The van der Waals surface area contributed by atoms with E-state index in [1.807, 2.05) is 19.9 Å². The maximum absolute atomic E-state index is 12.4. The van der Waals surface area contributed by atoms with E-state index in [9.17, 15) is 14.4 Å². The van der Waals surface area contributed by atoms with Gasteiger partial charge >= 0.3 is 18.2 Å². The molecular weight excluding hydrogens is 510 g/mol. The first kappa shape index (κ1) is 29.2. The fourth-order valence-electron chi connectivity index (χ4n) is 4.14. The Morgan fingerprint density at radius 1 is 1.03 bits per heavy atom. The summed E-state index contributed by atoms with van der Waals surface area (Å²) in [6.45, 7) is 7.08. The molecule has 2 aromatic rings. The van der Waals surface area contributed by atoms with Gasteiger partial charge in [0.1, 0.15) is 0 Å². The van der Waals surface area contributed by atoms with Gasteiger partial charge in [0.05, 0.1) is 34.4 Å². The first-order valence-electron chi connectivity index (χ1n) is 12.8. The van der Waals surface area contributed by atoms with E-state index >= 15 is 0 Å². The second-order valence-corrected chi connectivity index (χ2v) is 10.7. The Labute approximate surface area is 226 Å². The minimum absolute atomic E-state index is 0.0904. The van der Waals surface area contributed by atoms with Gasteiger partial charge in [0.2, 0.25) is 0 Å². The zero-order valence-corrected chi connectivity index (χ0v) is 23.0. The summed E-state index contributed by atoms with van der Waals surface area (Å²) in [7, 11) is 0. The highest BCUT2D eigenvalue weighted by Crippen LogP contribution is 2.40. The van der Waals surface area contributed by atoms with Crippen LogP contribution < -0.4 is 21.3 Å². The summed E-state index contributed by atoms with van der Waals surface area (Å²) < 4.78 is 10.3. The molecule has 1 heterocycles. The van der Waals surface area contributed by atoms with Crippen molar-refractivity contribution in [1.82, 2.24) is 15.6 Å². The smallest absolute Gasteiger partial charge is 0.411 e. The number of ether oxygens (including phenoxy) is 2. The molecule has 0 atom stereocenters. The predicted octanol–water partition coefficient (Wildman–Crippen LogP) is 5.04. The predicted molar refractivity (Wildman–Crippen MR) is 147 cm³/mol. The van der Waals surface area contributed by atoms with Crippen molar-refractivity contribution >= 4 is 40.9 Å². The molecule has 208 valence electrons. The Hall–Kier alpha value is -3.38. The summed E-state index contributed by atoms with van der Waals surface area (Å²) in [6, 6.07) is 4.81. The number of benzene rings is 1. The average Bonchev–Trinajstić information content (AvgIpc) is 3.32.